The van der Waals surface area contributed by atoms with Crippen molar-refractivity contribution in [1.82, 2.24) is 4.98 Å². The van der Waals surface area contributed by atoms with Crippen LogP contribution in [-0.4, -0.2) is 10.1 Å². The Morgan fingerprint density at radius 3 is 2.92 bits per heavy atom. The molecule has 0 bridgehead atoms. The molecule has 0 unspecified atom stereocenters. The van der Waals surface area contributed by atoms with Crippen LogP contribution in [0, 0.1) is 3.70 Å². The molecule has 1 aromatic carbocycles. The first kappa shape index (κ1) is 8.55. The summed E-state index contributed by atoms with van der Waals surface area (Å²) in [6, 6.07) is 6.83. The zero-order valence-corrected chi connectivity index (χ0v) is 8.70. The molecule has 4 heteroatoms. The second-order valence-electron chi connectivity index (χ2n) is 2.69. The Labute approximate surface area is 87.6 Å². The van der Waals surface area contributed by atoms with Crippen LogP contribution in [0.1, 0.15) is 0 Å². The summed E-state index contributed by atoms with van der Waals surface area (Å²) < 4.78 is 0.765. The van der Waals surface area contributed by atoms with Crippen LogP contribution in [0.2, 0.25) is 0 Å². The number of H-pyrrole nitrogens is 1. The summed E-state index contributed by atoms with van der Waals surface area (Å²) in [4.78, 5) is 14.0. The maximum absolute atomic E-state index is 11.4. The van der Waals surface area contributed by atoms with E-state index in [0.717, 1.165) is 9.09 Å². The molecule has 0 spiro atoms. The zero-order valence-electron chi connectivity index (χ0n) is 6.54. The summed E-state index contributed by atoms with van der Waals surface area (Å²) >= 11 is 2.03. The average Bonchev–Trinajstić information content (AvgIpc) is 2.02. The molecule has 1 aromatic heterocycles. The fourth-order valence-electron chi connectivity index (χ4n) is 1.27. The van der Waals surface area contributed by atoms with Gasteiger partial charge in [-0.15, -0.1) is 0 Å². The predicted molar refractivity (Wildman–Crippen MR) is 59.0 cm³/mol. The van der Waals surface area contributed by atoms with Crippen molar-refractivity contribution in [2.45, 2.75) is 0 Å². The Kier molecular flexibility index (Phi) is 1.99. The lowest BCUT2D eigenvalue weighted by Gasteiger charge is -1.99. The molecule has 2 N–H and O–H groups in total. The van der Waals surface area contributed by atoms with Gasteiger partial charge in [0.1, 0.15) is 5.75 Å². The minimum absolute atomic E-state index is 0.0233. The van der Waals surface area contributed by atoms with Gasteiger partial charge in [0.2, 0.25) is 0 Å². The van der Waals surface area contributed by atoms with Crippen molar-refractivity contribution in [1.29, 1.82) is 0 Å². The van der Waals surface area contributed by atoms with E-state index in [1.807, 2.05) is 28.7 Å². The molecule has 0 fully saturated rings. The molecule has 66 valence electrons. The second-order valence-corrected chi connectivity index (χ2v) is 3.85. The monoisotopic (exact) mass is 287 g/mol. The highest BCUT2D eigenvalue weighted by molar-refractivity contribution is 14.1. The first-order valence-electron chi connectivity index (χ1n) is 3.69. The van der Waals surface area contributed by atoms with Crippen LogP contribution in [0.5, 0.6) is 5.75 Å². The summed E-state index contributed by atoms with van der Waals surface area (Å²) in [5.41, 5.74) is -0.250. The third-order valence-electron chi connectivity index (χ3n) is 1.82. The number of phenols is 1. The molecule has 0 atom stereocenters. The smallest absolute Gasteiger partial charge is 0.260 e. The Bertz CT molecular complexity index is 518. The third-order valence-corrected chi connectivity index (χ3v) is 2.40. The van der Waals surface area contributed by atoms with Crippen molar-refractivity contribution in [2.24, 2.45) is 0 Å². The maximum Gasteiger partial charge on any atom is 0.260 e. The van der Waals surface area contributed by atoms with Crippen LogP contribution in [-0.2, 0) is 0 Å². The summed E-state index contributed by atoms with van der Waals surface area (Å²) in [5.74, 6) is 0.0233. The van der Waals surface area contributed by atoms with Crippen LogP contribution in [0.15, 0.2) is 29.1 Å². The van der Waals surface area contributed by atoms with Gasteiger partial charge in [-0.2, -0.15) is 0 Å². The van der Waals surface area contributed by atoms with E-state index in [4.69, 9.17) is 0 Å². The Morgan fingerprint density at radius 1 is 1.38 bits per heavy atom. The van der Waals surface area contributed by atoms with Gasteiger partial charge in [0.15, 0.2) is 0 Å². The summed E-state index contributed by atoms with van der Waals surface area (Å²) in [6.07, 6.45) is 0. The van der Waals surface area contributed by atoms with Crippen molar-refractivity contribution in [3.63, 3.8) is 0 Å². The van der Waals surface area contributed by atoms with E-state index in [9.17, 15) is 9.90 Å². The van der Waals surface area contributed by atoms with Crippen LogP contribution in [0.25, 0.3) is 10.8 Å². The SMILES string of the molecule is O=c1[nH]c(I)cc2cccc(O)c12. The van der Waals surface area contributed by atoms with Crippen molar-refractivity contribution in [3.8, 4) is 5.75 Å². The van der Waals surface area contributed by atoms with Crippen molar-refractivity contribution < 1.29 is 5.11 Å². The third kappa shape index (κ3) is 1.41. The lowest BCUT2D eigenvalue weighted by molar-refractivity contribution is 0.481. The van der Waals surface area contributed by atoms with E-state index < -0.39 is 0 Å². The number of phenolic OH excluding ortho intramolecular Hbond substituents is 1. The Hall–Kier alpha value is -1.04. The molecule has 0 aliphatic carbocycles. The average molecular weight is 287 g/mol. The van der Waals surface area contributed by atoms with Crippen molar-refractivity contribution in [2.75, 3.05) is 0 Å². The number of pyridine rings is 1. The topological polar surface area (TPSA) is 53.1 Å². The fourth-order valence-corrected chi connectivity index (χ4v) is 1.85. The van der Waals surface area contributed by atoms with Gasteiger partial charge in [-0.3, -0.25) is 4.79 Å². The van der Waals surface area contributed by atoms with Gasteiger partial charge in [0.25, 0.3) is 5.56 Å². The van der Waals surface area contributed by atoms with Crippen LogP contribution in [0.3, 0.4) is 0 Å². The van der Waals surface area contributed by atoms with Crippen LogP contribution < -0.4 is 5.56 Å². The highest BCUT2D eigenvalue weighted by Gasteiger charge is 2.03. The number of rotatable bonds is 0. The number of aromatic amines is 1. The minimum atomic E-state index is -0.250. The van der Waals surface area contributed by atoms with Crippen LogP contribution in [0.4, 0.5) is 0 Å². The van der Waals surface area contributed by atoms with E-state index in [1.165, 1.54) is 6.07 Å². The van der Waals surface area contributed by atoms with Crippen LogP contribution >= 0.6 is 22.6 Å². The summed E-state index contributed by atoms with van der Waals surface area (Å²) in [5, 5.41) is 10.5. The number of aromatic hydroxyl groups is 1. The summed E-state index contributed by atoms with van der Waals surface area (Å²) in [7, 11) is 0. The lowest BCUT2D eigenvalue weighted by Crippen LogP contribution is -2.07. The number of aromatic nitrogens is 1. The molecular weight excluding hydrogens is 281 g/mol. The number of nitrogens with one attached hydrogen (secondary N) is 1. The molecule has 0 aliphatic rings. The van der Waals surface area contributed by atoms with Crippen molar-refractivity contribution in [3.05, 3.63) is 38.3 Å². The van der Waals surface area contributed by atoms with E-state index in [-0.39, 0.29) is 11.3 Å². The molecule has 13 heavy (non-hydrogen) atoms. The number of fused-ring (bicyclic) bond motifs is 1. The molecule has 1 heterocycles. The Balaban J connectivity index is 3.03. The quantitative estimate of drug-likeness (QED) is 0.574. The van der Waals surface area contributed by atoms with E-state index in [2.05, 4.69) is 4.98 Å². The molecule has 0 aliphatic heterocycles. The predicted octanol–water partition coefficient (Wildman–Crippen LogP) is 1.84. The van der Waals surface area contributed by atoms with Gasteiger partial charge < -0.3 is 10.1 Å². The number of halogens is 1. The fraction of sp³-hybridized carbons (Fsp3) is 0. The lowest BCUT2D eigenvalue weighted by atomic mass is 10.1. The van der Waals surface area contributed by atoms with E-state index in [0.29, 0.717) is 5.39 Å². The standard InChI is InChI=1S/C9H6INO2/c10-7-4-5-2-1-3-6(12)8(5)9(13)11-7/h1-4,12H,(H,11,13). The summed E-state index contributed by atoms with van der Waals surface area (Å²) in [6.45, 7) is 0. The van der Waals surface area contributed by atoms with Crippen molar-refractivity contribution >= 4 is 33.4 Å². The first-order valence-corrected chi connectivity index (χ1v) is 4.77. The maximum atomic E-state index is 11.4. The largest absolute Gasteiger partial charge is 0.507 e. The van der Waals surface area contributed by atoms with Gasteiger partial charge >= 0.3 is 0 Å². The second kappa shape index (κ2) is 3.02. The highest BCUT2D eigenvalue weighted by atomic mass is 127. The molecule has 2 rings (SSSR count). The highest BCUT2D eigenvalue weighted by Crippen LogP contribution is 2.20. The number of benzene rings is 1. The molecular formula is C9H6INO2. The van der Waals surface area contributed by atoms with Gasteiger partial charge in [0, 0.05) is 0 Å². The molecule has 0 saturated carbocycles. The number of hydrogen-bond acceptors (Lipinski definition) is 2. The van der Waals surface area contributed by atoms with E-state index >= 15 is 0 Å². The molecule has 2 aromatic rings. The normalized spacial score (nSPS) is 10.5. The van der Waals surface area contributed by atoms with Gasteiger partial charge in [-0.25, -0.2) is 0 Å². The van der Waals surface area contributed by atoms with Gasteiger partial charge in [0.05, 0.1) is 9.09 Å². The zero-order chi connectivity index (χ0) is 9.42. The number of hydrogen-bond donors (Lipinski definition) is 2. The van der Waals surface area contributed by atoms with Gasteiger partial charge in [-0.05, 0) is 40.1 Å². The molecule has 0 radical (unpaired) electrons. The van der Waals surface area contributed by atoms with Gasteiger partial charge in [-0.1, -0.05) is 12.1 Å². The Morgan fingerprint density at radius 2 is 2.15 bits per heavy atom. The molecule has 3 nitrogen and oxygen atoms in total. The molecule has 0 amide bonds. The minimum Gasteiger partial charge on any atom is -0.507 e. The molecule has 0 saturated heterocycles. The van der Waals surface area contributed by atoms with E-state index in [1.54, 1.807) is 12.1 Å². The first-order chi connectivity index (χ1) is 6.18.